The number of esters is 1. The Morgan fingerprint density at radius 3 is 2.21 bits per heavy atom. The number of Topliss-reactive ketones (excluding diaryl/α,β-unsaturated/α-hetero) is 1. The monoisotopic (exact) mass is 1400 g/mol. The van der Waals surface area contributed by atoms with Crippen molar-refractivity contribution in [3.8, 4) is 34.5 Å². The molecule has 5 bridgehead atoms. The van der Waals surface area contributed by atoms with Gasteiger partial charge in [-0.2, -0.15) is 5.10 Å². The van der Waals surface area contributed by atoms with Crippen LogP contribution < -0.4 is 25.0 Å². The number of anilines is 2. The summed E-state index contributed by atoms with van der Waals surface area (Å²) in [5.41, 5.74) is 7.35. The number of hydrogen-bond acceptors (Lipinski definition) is 21. The summed E-state index contributed by atoms with van der Waals surface area (Å²) in [7, 11) is 5.65. The predicted molar refractivity (Wildman–Crippen MR) is 392 cm³/mol. The molecule has 14 rings (SSSR count). The highest BCUT2D eigenvalue weighted by Crippen LogP contribution is 2.55. The number of fused-ring (bicyclic) bond motifs is 21. The molecule has 8 aliphatic heterocycles. The summed E-state index contributed by atoms with van der Waals surface area (Å²) in [4.78, 5) is 54.9. The average molecular weight is 1400 g/mol. The fourth-order valence-corrected chi connectivity index (χ4v) is 14.5. The SMILES string of the molecule is CN1CCN2c3ccccc3Cc3ccccc3C2C1.CO[C@H]1/C=C/O[C@@]2(C)Oc3c(C)c(O)c4c(O)c(c(/C=N/N5CCN(C)CC5)c(O)c4c3C2=O)NC(=O)/C(C)=C\C=C\[C@H](C)[C@H](O)[C@@H](C)[C@@H](O)[C@@H](C)[C@H](OC(C)=O)[C@@H]1C.Clc1ccc2c(c1)C(N1CCNCC1)=Nc1ccccc1O2. The number of rotatable bonds is 4. The number of amidine groups is 1. The van der Waals surface area contributed by atoms with Gasteiger partial charge in [-0.05, 0) is 93.5 Å². The fourth-order valence-electron chi connectivity index (χ4n) is 14.4. The minimum atomic E-state index is -2.04. The van der Waals surface area contributed by atoms with Crippen LogP contribution in [0.15, 0.2) is 137 Å². The van der Waals surface area contributed by atoms with E-state index in [9.17, 15) is 39.9 Å². The molecule has 0 aliphatic carbocycles. The second-order valence-corrected chi connectivity index (χ2v) is 27.9. The Balaban J connectivity index is 0.000000194. The Labute approximate surface area is 595 Å². The van der Waals surface area contributed by atoms with E-state index < -0.39 is 88.8 Å². The molecule has 6 aromatic carbocycles. The number of carbonyl (C=O) groups excluding carboxylic acids is 3. The van der Waals surface area contributed by atoms with Gasteiger partial charge in [-0.3, -0.25) is 19.4 Å². The number of phenols is 3. The molecular weight excluding hydrogens is 1310 g/mol. The third-order valence-electron chi connectivity index (χ3n) is 20.5. The molecule has 1 unspecified atom stereocenters. The first-order valence-corrected chi connectivity index (χ1v) is 35.0. The molecule has 0 radical (unpaired) electrons. The number of carbonyl (C=O) groups is 3. The molecule has 3 fully saturated rings. The van der Waals surface area contributed by atoms with Crippen LogP contribution in [-0.4, -0.2) is 198 Å². The fraction of sp³-hybridized carbons (Fsp3) is 0.423. The lowest BCUT2D eigenvalue weighted by molar-refractivity contribution is -0.160. The maximum atomic E-state index is 14.4. The quantitative estimate of drug-likeness (QED) is 0.0374. The van der Waals surface area contributed by atoms with Crippen molar-refractivity contribution in [1.29, 1.82) is 0 Å². The van der Waals surface area contributed by atoms with Crippen molar-refractivity contribution in [3.05, 3.63) is 171 Å². The van der Waals surface area contributed by atoms with Gasteiger partial charge in [0.2, 0.25) is 0 Å². The zero-order valence-electron chi connectivity index (χ0n) is 59.3. The van der Waals surface area contributed by atoms with Crippen molar-refractivity contribution in [3.63, 3.8) is 0 Å². The number of aliphatic hydroxyl groups is 2. The Bertz CT molecular complexity index is 4220. The zero-order chi connectivity index (χ0) is 72.1. The van der Waals surface area contributed by atoms with Gasteiger partial charge in [0.15, 0.2) is 11.5 Å². The number of aliphatic hydroxyl groups excluding tert-OH is 2. The number of piperazine rings is 3. The lowest BCUT2D eigenvalue weighted by Crippen LogP contribution is -2.46. The first-order valence-electron chi connectivity index (χ1n) is 34.6. The number of allylic oxidation sites excluding steroid dienone is 2. The van der Waals surface area contributed by atoms with Crippen molar-refractivity contribution in [2.75, 3.05) is 103 Å². The molecule has 0 aromatic heterocycles. The first-order chi connectivity index (χ1) is 48.4. The maximum Gasteiger partial charge on any atom is 0.312 e. The van der Waals surface area contributed by atoms with Crippen molar-refractivity contribution in [1.82, 2.24) is 25.0 Å². The van der Waals surface area contributed by atoms with E-state index in [4.69, 9.17) is 40.3 Å². The van der Waals surface area contributed by atoms with Crippen molar-refractivity contribution in [2.45, 2.75) is 98.1 Å². The van der Waals surface area contributed by atoms with Crippen molar-refractivity contribution >= 4 is 69.1 Å². The molecule has 8 heterocycles. The van der Waals surface area contributed by atoms with Gasteiger partial charge >= 0.3 is 11.8 Å². The van der Waals surface area contributed by atoms with Gasteiger partial charge in [0.05, 0.1) is 64.6 Å². The molecule has 1 amide bonds. The summed E-state index contributed by atoms with van der Waals surface area (Å²) in [6.07, 6.45) is 5.92. The Hall–Kier alpha value is -9.00. The van der Waals surface area contributed by atoms with E-state index >= 15 is 0 Å². The topological polar surface area (TPSA) is 263 Å². The van der Waals surface area contributed by atoms with Crippen LogP contribution in [0.1, 0.15) is 98.2 Å². The van der Waals surface area contributed by atoms with Crippen molar-refractivity contribution < 1.29 is 63.6 Å². The molecular formula is C78H94ClN9O13. The maximum absolute atomic E-state index is 14.4. The molecule has 6 aromatic rings. The lowest BCUT2D eigenvalue weighted by Gasteiger charge is -2.41. The van der Waals surface area contributed by atoms with Crippen LogP contribution in [0.2, 0.25) is 5.02 Å². The molecule has 8 aliphatic rings. The summed E-state index contributed by atoms with van der Waals surface area (Å²) >= 11 is 6.20. The molecule has 10 atom stereocenters. The number of amides is 1. The van der Waals surface area contributed by atoms with E-state index in [1.807, 2.05) is 49.5 Å². The number of methoxy groups -OCH3 is 1. The number of hydrogen-bond donors (Lipinski definition) is 7. The first kappa shape index (κ1) is 73.2. The summed E-state index contributed by atoms with van der Waals surface area (Å²) < 4.78 is 29.7. The van der Waals surface area contributed by atoms with Gasteiger partial charge in [-0.15, -0.1) is 0 Å². The number of halogens is 1. The number of ether oxygens (including phenoxy) is 5. The second kappa shape index (κ2) is 31.5. The number of hydrazone groups is 1. The van der Waals surface area contributed by atoms with Crippen LogP contribution in [0.5, 0.6) is 34.5 Å². The summed E-state index contributed by atoms with van der Waals surface area (Å²) in [5, 5.41) is 70.9. The van der Waals surface area contributed by atoms with E-state index in [1.165, 1.54) is 81.8 Å². The Morgan fingerprint density at radius 1 is 0.782 bits per heavy atom. The van der Waals surface area contributed by atoms with Gasteiger partial charge in [0.1, 0.15) is 40.6 Å². The van der Waals surface area contributed by atoms with E-state index in [2.05, 4.69) is 90.9 Å². The van der Waals surface area contributed by atoms with Crippen LogP contribution in [0.4, 0.5) is 17.1 Å². The standard InChI is InChI=1S/C43H58N4O12.C18H20N2.C17H16ClN3O/c1-21-12-11-13-22(2)42(55)45-33-28(20-44-47-17-15-46(9)16-18-47)37(52)30-31(38(33)53)36(51)26(6)40-32(30)41(54)43(8,59-40)57-19-14-29(56-10)23(3)39(58-27(7)48)25(5)35(50)24(4)34(21)49;1-19-10-11-20-17-9-5-3-7-15(17)12-14-6-2-4-8-16(14)18(20)13-19;18-12-5-6-15-13(11-12)17(21-9-7-19-8-10-21)20-14-3-1-2-4-16(14)22-15/h11-14,19-21,23-25,29,34-35,39,49-53H,15-18H2,1-10H3,(H,45,55);2-9,18H,10-13H2,1H3;1-6,11,19H,7-10H2/b12-11+,19-14+,22-13-,44-20+;;/t21-,23+,24+,25+,29-,34-,35+,39+,43-;;/m0../s1. The summed E-state index contributed by atoms with van der Waals surface area (Å²) in [5.74, 6) is -5.84. The number of ketones is 1. The number of aromatic hydroxyl groups is 3. The molecule has 7 N–H and O–H groups in total. The highest BCUT2D eigenvalue weighted by Gasteiger charge is 2.50. The number of aliphatic imine (C=N–C) groups is 1. The van der Waals surface area contributed by atoms with Crippen LogP contribution in [-0.2, 0) is 30.2 Å². The molecule has 536 valence electrons. The van der Waals surface area contributed by atoms with Crippen LogP contribution in [0, 0.1) is 30.6 Å². The number of likely N-dealkylation sites (N-methyl/N-ethyl adjacent to an activating group) is 2. The van der Waals surface area contributed by atoms with Crippen LogP contribution in [0.25, 0.3) is 10.8 Å². The molecule has 22 nitrogen and oxygen atoms in total. The normalized spacial score (nSPS) is 26.7. The summed E-state index contributed by atoms with van der Waals surface area (Å²) in [6.45, 7) is 22.2. The van der Waals surface area contributed by atoms with E-state index in [0.29, 0.717) is 24.2 Å². The van der Waals surface area contributed by atoms with Gasteiger partial charge in [-0.25, -0.2) is 4.99 Å². The number of benzene rings is 6. The predicted octanol–water partition coefficient (Wildman–Crippen LogP) is 10.8. The van der Waals surface area contributed by atoms with Gasteiger partial charge < -0.3 is 79.5 Å². The number of phenolic OH excluding ortho intramolecular Hbond substituents is 3. The number of nitrogens with zero attached hydrogens (tertiary/aromatic N) is 7. The highest BCUT2D eigenvalue weighted by atomic mass is 35.5. The van der Waals surface area contributed by atoms with Crippen LogP contribution >= 0.6 is 11.6 Å². The molecule has 3 saturated heterocycles. The smallest absolute Gasteiger partial charge is 0.312 e. The minimum Gasteiger partial charge on any atom is -0.507 e. The van der Waals surface area contributed by atoms with Gasteiger partial charge in [0.25, 0.3) is 11.7 Å². The summed E-state index contributed by atoms with van der Waals surface area (Å²) in [6, 6.07) is 31.9. The molecule has 0 spiro atoms. The van der Waals surface area contributed by atoms with Gasteiger partial charge in [0, 0.05) is 144 Å². The van der Waals surface area contributed by atoms with Gasteiger partial charge in [-0.1, -0.05) is 112 Å². The van der Waals surface area contributed by atoms with E-state index in [-0.39, 0.29) is 44.5 Å². The molecule has 0 saturated carbocycles. The second-order valence-electron chi connectivity index (χ2n) is 27.5. The zero-order valence-corrected chi connectivity index (χ0v) is 60.1. The largest absolute Gasteiger partial charge is 0.507 e. The molecule has 101 heavy (non-hydrogen) atoms. The third-order valence-corrected chi connectivity index (χ3v) is 20.7. The molecule has 23 heteroatoms. The van der Waals surface area contributed by atoms with E-state index in [0.717, 1.165) is 93.9 Å². The van der Waals surface area contributed by atoms with Crippen LogP contribution in [0.3, 0.4) is 0 Å². The average Bonchev–Trinajstić information content (AvgIpc) is 1.61. The Kier molecular flexibility index (Phi) is 22.8. The minimum absolute atomic E-state index is 0.0559. The van der Waals surface area contributed by atoms with E-state index in [1.54, 1.807) is 44.9 Å². The Morgan fingerprint density at radius 2 is 1.48 bits per heavy atom. The van der Waals surface area contributed by atoms with Crippen molar-refractivity contribution in [2.24, 2.45) is 33.8 Å². The highest BCUT2D eigenvalue weighted by molar-refractivity contribution is 6.31. The lowest BCUT2D eigenvalue weighted by atomic mass is 9.78. The third kappa shape index (κ3) is 15.6. The number of para-hydroxylation sites is 3. The number of nitrogens with one attached hydrogen (secondary N) is 2.